The van der Waals surface area contributed by atoms with Crippen LogP contribution < -0.4 is 0 Å². The summed E-state index contributed by atoms with van der Waals surface area (Å²) in [7, 11) is 1.86. The predicted octanol–water partition coefficient (Wildman–Crippen LogP) is 2.13. The number of nitrogens with zero attached hydrogens (tertiary/aromatic N) is 3. The number of carboxylic acid groups (broad SMARTS) is 1. The second-order valence-electron chi connectivity index (χ2n) is 6.84. The van der Waals surface area contributed by atoms with Crippen molar-refractivity contribution in [2.24, 2.45) is 0 Å². The van der Waals surface area contributed by atoms with Crippen molar-refractivity contribution in [1.82, 2.24) is 14.7 Å². The van der Waals surface area contributed by atoms with E-state index < -0.39 is 5.97 Å². The molecule has 2 heterocycles. The van der Waals surface area contributed by atoms with E-state index in [9.17, 15) is 9.59 Å². The third kappa shape index (κ3) is 5.65. The van der Waals surface area contributed by atoms with Crippen LogP contribution >= 0.6 is 11.3 Å². The van der Waals surface area contributed by atoms with Crippen LogP contribution in [0.2, 0.25) is 0 Å². The minimum atomic E-state index is -0.799. The van der Waals surface area contributed by atoms with E-state index in [-0.39, 0.29) is 24.5 Å². The molecular formula is C19H29N3O3S. The molecule has 7 heteroatoms. The first-order valence-corrected chi connectivity index (χ1v) is 9.88. The Labute approximate surface area is 159 Å². The molecule has 0 spiro atoms. The van der Waals surface area contributed by atoms with E-state index in [0.717, 1.165) is 25.9 Å². The Morgan fingerprint density at radius 3 is 2.69 bits per heavy atom. The van der Waals surface area contributed by atoms with Gasteiger partial charge in [0.05, 0.1) is 19.1 Å². The van der Waals surface area contributed by atoms with E-state index in [2.05, 4.69) is 11.5 Å². The van der Waals surface area contributed by atoms with Crippen molar-refractivity contribution in [2.75, 3.05) is 33.2 Å². The molecule has 1 aliphatic heterocycles. The molecule has 2 rings (SSSR count). The third-order valence-corrected chi connectivity index (χ3v) is 5.86. The molecule has 1 atom stereocenters. The molecule has 0 aromatic carbocycles. The lowest BCUT2D eigenvalue weighted by Crippen LogP contribution is -2.52. The van der Waals surface area contributed by atoms with E-state index in [1.54, 1.807) is 17.4 Å². The summed E-state index contributed by atoms with van der Waals surface area (Å²) in [6.45, 7) is 8.58. The van der Waals surface area contributed by atoms with Gasteiger partial charge < -0.3 is 10.0 Å². The summed E-state index contributed by atoms with van der Waals surface area (Å²) in [5, 5.41) is 11.0. The van der Waals surface area contributed by atoms with Gasteiger partial charge in [-0.2, -0.15) is 0 Å². The standard InChI is InChI=1S/C19H29N3O3S/c1-4-9-22(13-17-6-5-12-26-17)19(25)15(2)21-10-7-16(8-11-21)20(3)14-18(23)24/h4-6,12,15-16H,1,7-11,13-14H2,2-3H3,(H,23,24). The van der Waals surface area contributed by atoms with Gasteiger partial charge in [-0.1, -0.05) is 12.1 Å². The maximum Gasteiger partial charge on any atom is 0.317 e. The summed E-state index contributed by atoms with van der Waals surface area (Å²) in [5.74, 6) is -0.678. The Balaban J connectivity index is 1.90. The van der Waals surface area contributed by atoms with Crippen LogP contribution in [0.5, 0.6) is 0 Å². The van der Waals surface area contributed by atoms with Crippen molar-refractivity contribution in [1.29, 1.82) is 0 Å². The molecule has 0 saturated carbocycles. The Hall–Kier alpha value is -1.70. The van der Waals surface area contributed by atoms with Crippen molar-refractivity contribution in [3.8, 4) is 0 Å². The number of likely N-dealkylation sites (tertiary alicyclic amines) is 1. The maximum absolute atomic E-state index is 13.0. The topological polar surface area (TPSA) is 64.1 Å². The van der Waals surface area contributed by atoms with Gasteiger partial charge in [-0.3, -0.25) is 19.4 Å². The molecule has 1 unspecified atom stereocenters. The number of hydrogen-bond acceptors (Lipinski definition) is 5. The highest BCUT2D eigenvalue weighted by molar-refractivity contribution is 7.09. The van der Waals surface area contributed by atoms with Gasteiger partial charge in [0.2, 0.25) is 5.91 Å². The quantitative estimate of drug-likeness (QED) is 0.666. The maximum atomic E-state index is 13.0. The Bertz CT molecular complexity index is 597. The summed E-state index contributed by atoms with van der Waals surface area (Å²) >= 11 is 1.65. The lowest BCUT2D eigenvalue weighted by molar-refractivity contribution is -0.138. The molecule has 1 aromatic rings. The van der Waals surface area contributed by atoms with Crippen molar-refractivity contribution in [2.45, 2.75) is 38.4 Å². The Morgan fingerprint density at radius 1 is 1.46 bits per heavy atom. The first-order chi connectivity index (χ1) is 12.4. The molecule has 144 valence electrons. The second-order valence-corrected chi connectivity index (χ2v) is 7.87. The zero-order chi connectivity index (χ0) is 19.1. The number of thiophene rings is 1. The first kappa shape index (κ1) is 20.6. The summed E-state index contributed by atoms with van der Waals surface area (Å²) in [6.07, 6.45) is 3.53. The van der Waals surface area contributed by atoms with Gasteiger partial charge in [-0.25, -0.2) is 0 Å². The minimum absolute atomic E-state index is 0.0626. The van der Waals surface area contributed by atoms with Crippen LogP contribution in [0.3, 0.4) is 0 Å². The SMILES string of the molecule is C=CCN(Cc1cccs1)C(=O)C(C)N1CCC(N(C)CC(=O)O)CC1. The van der Waals surface area contributed by atoms with Crippen LogP contribution in [-0.2, 0) is 16.1 Å². The van der Waals surface area contributed by atoms with Crippen LogP contribution in [0.25, 0.3) is 0 Å². The lowest BCUT2D eigenvalue weighted by Gasteiger charge is -2.39. The van der Waals surface area contributed by atoms with Crippen molar-refractivity contribution >= 4 is 23.2 Å². The highest BCUT2D eigenvalue weighted by Gasteiger charge is 2.30. The van der Waals surface area contributed by atoms with Crippen molar-refractivity contribution < 1.29 is 14.7 Å². The lowest BCUT2D eigenvalue weighted by atomic mass is 10.0. The molecule has 6 nitrogen and oxygen atoms in total. The van der Waals surface area contributed by atoms with Gasteiger partial charge in [-0.05, 0) is 38.3 Å². The average molecular weight is 380 g/mol. The molecule has 1 N–H and O–H groups in total. The molecule has 0 aliphatic carbocycles. The second kappa shape index (κ2) is 9.85. The summed E-state index contributed by atoms with van der Waals surface area (Å²) in [4.78, 5) is 31.0. The van der Waals surface area contributed by atoms with E-state index >= 15 is 0 Å². The van der Waals surface area contributed by atoms with E-state index in [1.807, 2.05) is 41.3 Å². The van der Waals surface area contributed by atoms with Crippen LogP contribution in [0.1, 0.15) is 24.6 Å². The van der Waals surface area contributed by atoms with E-state index in [4.69, 9.17) is 5.11 Å². The molecular weight excluding hydrogens is 350 g/mol. The smallest absolute Gasteiger partial charge is 0.317 e. The van der Waals surface area contributed by atoms with E-state index in [0.29, 0.717) is 13.1 Å². The number of piperidine rings is 1. The third-order valence-electron chi connectivity index (χ3n) is 5.00. The number of carboxylic acids is 1. The molecule has 1 amide bonds. The van der Waals surface area contributed by atoms with Gasteiger partial charge in [0.25, 0.3) is 0 Å². The van der Waals surface area contributed by atoms with Gasteiger partial charge in [-0.15, -0.1) is 17.9 Å². The van der Waals surface area contributed by atoms with Gasteiger partial charge in [0.15, 0.2) is 0 Å². The predicted molar refractivity (Wildman–Crippen MR) is 104 cm³/mol. The number of likely N-dealkylation sites (N-methyl/N-ethyl adjacent to an activating group) is 1. The number of rotatable bonds is 9. The van der Waals surface area contributed by atoms with Crippen molar-refractivity contribution in [3.63, 3.8) is 0 Å². The summed E-state index contributed by atoms with van der Waals surface area (Å²) in [5.41, 5.74) is 0. The molecule has 1 saturated heterocycles. The average Bonchev–Trinajstić information content (AvgIpc) is 3.13. The normalized spacial score (nSPS) is 17.2. The molecule has 0 radical (unpaired) electrons. The fourth-order valence-electron chi connectivity index (χ4n) is 3.46. The van der Waals surface area contributed by atoms with Crippen LogP contribution in [-0.4, -0.2) is 77.0 Å². The van der Waals surface area contributed by atoms with Crippen LogP contribution in [0.4, 0.5) is 0 Å². The Kier molecular flexibility index (Phi) is 7.81. The van der Waals surface area contributed by atoms with Crippen molar-refractivity contribution in [3.05, 3.63) is 35.0 Å². The Morgan fingerprint density at radius 2 is 2.15 bits per heavy atom. The van der Waals surface area contributed by atoms with Gasteiger partial charge >= 0.3 is 5.97 Å². The van der Waals surface area contributed by atoms with E-state index in [1.165, 1.54) is 4.88 Å². The highest BCUT2D eigenvalue weighted by atomic mass is 32.1. The fraction of sp³-hybridized carbons (Fsp3) is 0.579. The number of aliphatic carboxylic acids is 1. The largest absolute Gasteiger partial charge is 0.480 e. The summed E-state index contributed by atoms with van der Waals surface area (Å²) in [6, 6.07) is 4.13. The minimum Gasteiger partial charge on any atom is -0.480 e. The number of hydrogen-bond donors (Lipinski definition) is 1. The van der Waals surface area contributed by atoms with Gasteiger partial charge in [0, 0.05) is 30.6 Å². The van der Waals surface area contributed by atoms with Crippen LogP contribution in [0, 0.1) is 0 Å². The zero-order valence-corrected chi connectivity index (χ0v) is 16.5. The fourth-order valence-corrected chi connectivity index (χ4v) is 4.18. The summed E-state index contributed by atoms with van der Waals surface area (Å²) < 4.78 is 0. The number of amides is 1. The monoisotopic (exact) mass is 379 g/mol. The zero-order valence-electron chi connectivity index (χ0n) is 15.6. The first-order valence-electron chi connectivity index (χ1n) is 9.00. The number of carbonyl (C=O) groups excluding carboxylic acids is 1. The van der Waals surface area contributed by atoms with Crippen LogP contribution in [0.15, 0.2) is 30.2 Å². The molecule has 1 fully saturated rings. The highest BCUT2D eigenvalue weighted by Crippen LogP contribution is 2.19. The molecule has 1 aromatic heterocycles. The van der Waals surface area contributed by atoms with Gasteiger partial charge in [0.1, 0.15) is 0 Å². The molecule has 0 bridgehead atoms. The number of carbonyl (C=O) groups is 2. The molecule has 26 heavy (non-hydrogen) atoms. The molecule has 1 aliphatic rings.